The van der Waals surface area contributed by atoms with Crippen LogP contribution in [0.25, 0.3) is 10.9 Å². The minimum absolute atomic E-state index is 0.324. The molecule has 2 fully saturated rings. The molecule has 2 aliphatic rings. The van der Waals surface area contributed by atoms with Gasteiger partial charge < -0.3 is 15.0 Å². The van der Waals surface area contributed by atoms with Crippen molar-refractivity contribution in [3.05, 3.63) is 64.8 Å². The number of nitrogens with one attached hydrogen (secondary N) is 1. The van der Waals surface area contributed by atoms with Crippen LogP contribution in [0.5, 0.6) is 0 Å². The minimum Gasteiger partial charge on any atom is -0.478 e. The summed E-state index contributed by atoms with van der Waals surface area (Å²) in [4.78, 5) is 19.6. The van der Waals surface area contributed by atoms with E-state index in [0.29, 0.717) is 17.0 Å². The second-order valence-electron chi connectivity index (χ2n) is 9.72. The summed E-state index contributed by atoms with van der Waals surface area (Å²) in [7, 11) is 4.24. The second-order valence-corrected chi connectivity index (χ2v) is 9.72. The van der Waals surface area contributed by atoms with Crippen molar-refractivity contribution in [1.82, 2.24) is 9.88 Å². The Morgan fingerprint density at radius 3 is 2.58 bits per heavy atom. The molecule has 0 unspecified atom stereocenters. The summed E-state index contributed by atoms with van der Waals surface area (Å²) in [5, 5.41) is 10.6. The van der Waals surface area contributed by atoms with Gasteiger partial charge in [-0.3, -0.25) is 4.90 Å². The number of hydrogen-bond donors (Lipinski definition) is 2. The summed E-state index contributed by atoms with van der Waals surface area (Å²) in [5.74, 6) is -0.865. The average Bonchev–Trinajstić information content (AvgIpc) is 3.30. The molecule has 2 heterocycles. The summed E-state index contributed by atoms with van der Waals surface area (Å²) in [6.07, 6.45) is 7.13. The lowest BCUT2D eigenvalue weighted by Crippen LogP contribution is -2.37. The number of carbonyl (C=O) groups is 1. The molecule has 2 aromatic carbocycles. The number of aryl methyl sites for hydroxylation is 1. The van der Waals surface area contributed by atoms with Crippen molar-refractivity contribution in [1.29, 1.82) is 0 Å². The minimum atomic E-state index is -0.865. The number of rotatable bonds is 5. The van der Waals surface area contributed by atoms with Crippen molar-refractivity contribution in [3.63, 3.8) is 0 Å². The number of carboxylic acids is 1. The molecule has 31 heavy (non-hydrogen) atoms. The maximum atomic E-state index is 11.3. The molecule has 1 aliphatic carbocycles. The van der Waals surface area contributed by atoms with Gasteiger partial charge in [-0.15, -0.1) is 0 Å². The molecule has 5 nitrogen and oxygen atoms in total. The number of fused-ring (bicyclic) bond motifs is 1. The number of piperidine rings is 1. The molecule has 1 aromatic heterocycles. The monoisotopic (exact) mass is 417 g/mol. The van der Waals surface area contributed by atoms with E-state index in [9.17, 15) is 9.90 Å². The van der Waals surface area contributed by atoms with Crippen molar-refractivity contribution in [2.45, 2.75) is 45.2 Å². The predicted molar refractivity (Wildman–Crippen MR) is 125 cm³/mol. The van der Waals surface area contributed by atoms with E-state index in [1.165, 1.54) is 59.0 Å². The van der Waals surface area contributed by atoms with E-state index >= 15 is 0 Å². The van der Waals surface area contributed by atoms with Crippen molar-refractivity contribution >= 4 is 22.6 Å². The van der Waals surface area contributed by atoms with Gasteiger partial charge in [-0.25, -0.2) is 4.79 Å². The molecule has 5 heteroatoms. The first-order valence-electron chi connectivity index (χ1n) is 11.2. The molecular formula is C26H31N3O2. The summed E-state index contributed by atoms with van der Waals surface area (Å²) in [6, 6.07) is 12.4. The summed E-state index contributed by atoms with van der Waals surface area (Å²) in [6.45, 7) is 4.14. The van der Waals surface area contributed by atoms with Gasteiger partial charge in [-0.05, 0) is 85.5 Å². The standard InChI is InChI=1S/C26H31N3O2/c1-17-14-22(28(2)3)21(20-8-12-27-24(17)20)16-29-13-11-26(9-10-26)15-23(29)18-4-6-19(7-5-18)25(30)31/h4-8,12,14,23,27H,9-11,13,15-16H2,1-3H3,(H,30,31)/t23-/m0/s1. The number of hydrogen-bond acceptors (Lipinski definition) is 3. The third kappa shape index (κ3) is 3.61. The Morgan fingerprint density at radius 1 is 1.19 bits per heavy atom. The van der Waals surface area contributed by atoms with E-state index in [0.717, 1.165) is 13.1 Å². The second kappa shape index (κ2) is 7.41. The highest BCUT2D eigenvalue weighted by Gasteiger charge is 2.48. The molecule has 0 amide bonds. The van der Waals surface area contributed by atoms with E-state index in [1.54, 1.807) is 12.1 Å². The van der Waals surface area contributed by atoms with Gasteiger partial charge in [-0.1, -0.05) is 12.1 Å². The lowest BCUT2D eigenvalue weighted by molar-refractivity contribution is 0.0696. The lowest BCUT2D eigenvalue weighted by atomic mass is 9.84. The zero-order valence-corrected chi connectivity index (χ0v) is 18.6. The number of nitrogens with zero attached hydrogens (tertiary/aromatic N) is 2. The number of aromatic amines is 1. The molecule has 0 bridgehead atoms. The lowest BCUT2D eigenvalue weighted by Gasteiger charge is -2.41. The quantitative estimate of drug-likeness (QED) is 0.587. The van der Waals surface area contributed by atoms with Crippen LogP contribution in [0.4, 0.5) is 5.69 Å². The number of H-pyrrole nitrogens is 1. The maximum absolute atomic E-state index is 11.3. The number of benzene rings is 2. The van der Waals surface area contributed by atoms with Gasteiger partial charge in [0.2, 0.25) is 0 Å². The zero-order valence-electron chi connectivity index (χ0n) is 18.6. The summed E-state index contributed by atoms with van der Waals surface area (Å²) >= 11 is 0. The number of aromatic nitrogens is 1. The van der Waals surface area contributed by atoms with Gasteiger partial charge in [0.25, 0.3) is 0 Å². The molecule has 1 atom stereocenters. The van der Waals surface area contributed by atoms with E-state index in [2.05, 4.69) is 47.9 Å². The van der Waals surface area contributed by atoms with Crippen LogP contribution in [0.2, 0.25) is 0 Å². The number of aromatic carboxylic acids is 1. The molecule has 3 aromatic rings. The van der Waals surface area contributed by atoms with Crippen LogP contribution in [-0.2, 0) is 6.54 Å². The zero-order chi connectivity index (χ0) is 21.8. The number of anilines is 1. The highest BCUT2D eigenvalue weighted by Crippen LogP contribution is 2.58. The Labute approximate surface area is 183 Å². The van der Waals surface area contributed by atoms with E-state index < -0.39 is 5.97 Å². The fraction of sp³-hybridized carbons (Fsp3) is 0.423. The van der Waals surface area contributed by atoms with E-state index in [-0.39, 0.29) is 0 Å². The smallest absolute Gasteiger partial charge is 0.335 e. The molecule has 0 radical (unpaired) electrons. The Morgan fingerprint density at radius 2 is 1.94 bits per heavy atom. The van der Waals surface area contributed by atoms with Crippen molar-refractivity contribution in [3.8, 4) is 0 Å². The molecule has 1 saturated heterocycles. The third-order valence-electron chi connectivity index (χ3n) is 7.47. The van der Waals surface area contributed by atoms with Crippen LogP contribution in [-0.4, -0.2) is 41.6 Å². The Kier molecular flexibility index (Phi) is 4.82. The van der Waals surface area contributed by atoms with Gasteiger partial charge in [0.1, 0.15) is 0 Å². The fourth-order valence-corrected chi connectivity index (χ4v) is 5.39. The molecule has 1 spiro atoms. The maximum Gasteiger partial charge on any atom is 0.335 e. The highest BCUT2D eigenvalue weighted by atomic mass is 16.4. The van der Waals surface area contributed by atoms with Crippen LogP contribution < -0.4 is 4.90 Å². The normalized spacial score (nSPS) is 20.3. The van der Waals surface area contributed by atoms with Crippen molar-refractivity contribution in [2.75, 3.05) is 25.5 Å². The van der Waals surface area contributed by atoms with Crippen molar-refractivity contribution < 1.29 is 9.90 Å². The van der Waals surface area contributed by atoms with Gasteiger partial charge in [-0.2, -0.15) is 0 Å². The SMILES string of the molecule is Cc1cc(N(C)C)c(CN2CCC3(CC3)C[C@H]2c2ccc(C(=O)O)cc2)c2cc[nH]c12. The van der Waals surface area contributed by atoms with Crippen LogP contribution in [0, 0.1) is 12.3 Å². The van der Waals surface area contributed by atoms with Crippen LogP contribution >= 0.6 is 0 Å². The summed E-state index contributed by atoms with van der Waals surface area (Å²) < 4.78 is 0. The van der Waals surface area contributed by atoms with Gasteiger partial charge in [0.15, 0.2) is 0 Å². The predicted octanol–water partition coefficient (Wildman–Crippen LogP) is 5.36. The Bertz CT molecular complexity index is 1130. The Balaban J connectivity index is 1.53. The molecule has 2 N–H and O–H groups in total. The number of likely N-dealkylation sites (tertiary alicyclic amines) is 1. The highest BCUT2D eigenvalue weighted by molar-refractivity contribution is 5.91. The summed E-state index contributed by atoms with van der Waals surface area (Å²) in [5.41, 5.74) is 7.23. The van der Waals surface area contributed by atoms with E-state index in [1.807, 2.05) is 18.3 Å². The first kappa shape index (κ1) is 20.1. The first-order chi connectivity index (χ1) is 14.9. The topological polar surface area (TPSA) is 59.6 Å². The van der Waals surface area contributed by atoms with Crippen LogP contribution in [0.15, 0.2) is 42.6 Å². The molecule has 1 saturated carbocycles. The largest absolute Gasteiger partial charge is 0.478 e. The third-order valence-corrected chi connectivity index (χ3v) is 7.47. The van der Waals surface area contributed by atoms with Crippen molar-refractivity contribution in [2.24, 2.45) is 5.41 Å². The van der Waals surface area contributed by atoms with Gasteiger partial charge >= 0.3 is 5.97 Å². The molecule has 1 aliphatic heterocycles. The van der Waals surface area contributed by atoms with Crippen LogP contribution in [0.1, 0.15) is 58.8 Å². The first-order valence-corrected chi connectivity index (χ1v) is 11.2. The molecule has 162 valence electrons. The van der Waals surface area contributed by atoms with Gasteiger partial charge in [0, 0.05) is 49.5 Å². The Hall–Kier alpha value is -2.79. The molecule has 5 rings (SSSR count). The fourth-order valence-electron chi connectivity index (χ4n) is 5.39. The van der Waals surface area contributed by atoms with Crippen LogP contribution in [0.3, 0.4) is 0 Å². The number of carboxylic acid groups (broad SMARTS) is 1. The van der Waals surface area contributed by atoms with Gasteiger partial charge in [0.05, 0.1) is 5.56 Å². The molecular weight excluding hydrogens is 386 g/mol. The van der Waals surface area contributed by atoms with E-state index in [4.69, 9.17) is 0 Å². The average molecular weight is 418 g/mol.